The number of amides is 1. The van der Waals surface area contributed by atoms with Gasteiger partial charge in [0.05, 0.1) is 37.3 Å². The lowest BCUT2D eigenvalue weighted by atomic mass is 10.1. The second-order valence-electron chi connectivity index (χ2n) is 8.74. The molecule has 2 aromatic carbocycles. The van der Waals surface area contributed by atoms with Crippen molar-refractivity contribution < 1.29 is 18.4 Å². The third kappa shape index (κ3) is 5.11. The van der Waals surface area contributed by atoms with E-state index in [1.54, 1.807) is 24.4 Å². The summed E-state index contributed by atoms with van der Waals surface area (Å²) in [7, 11) is 3.41. The van der Waals surface area contributed by atoms with Gasteiger partial charge in [0.2, 0.25) is 5.91 Å². The number of likely N-dealkylation sites (N-methyl/N-ethyl adjacent to an activating group) is 1. The van der Waals surface area contributed by atoms with Gasteiger partial charge in [0.15, 0.2) is 17.9 Å². The van der Waals surface area contributed by atoms with E-state index in [-0.39, 0.29) is 5.91 Å². The first-order valence-electron chi connectivity index (χ1n) is 12.0. The zero-order valence-corrected chi connectivity index (χ0v) is 20.4. The van der Waals surface area contributed by atoms with Gasteiger partial charge in [-0.3, -0.25) is 9.69 Å². The van der Waals surface area contributed by atoms with Crippen molar-refractivity contribution in [3.63, 3.8) is 0 Å². The third-order valence-corrected chi connectivity index (χ3v) is 6.37. The van der Waals surface area contributed by atoms with Crippen LogP contribution < -0.4 is 15.0 Å². The van der Waals surface area contributed by atoms with Crippen LogP contribution in [0.15, 0.2) is 70.1 Å². The minimum atomic E-state index is 0.0566. The smallest absolute Gasteiger partial charge is 0.299 e. The number of oxazole rings is 2. The van der Waals surface area contributed by atoms with Crippen LogP contribution in [0.25, 0.3) is 22.6 Å². The molecule has 1 fully saturated rings. The molecule has 1 aliphatic rings. The molecule has 1 amide bonds. The molecule has 1 N–H and O–H groups in total. The molecule has 9 nitrogen and oxygen atoms in total. The van der Waals surface area contributed by atoms with Crippen molar-refractivity contribution in [1.29, 1.82) is 0 Å². The maximum atomic E-state index is 13.0. The van der Waals surface area contributed by atoms with E-state index in [0.717, 1.165) is 48.4 Å². The SMILES string of the molecule is COc1cc(Nc2ncc(-c3ccccc3N(C)C(=O)CN3CCCCC3)o2)ccc1-c1cnco1. The van der Waals surface area contributed by atoms with Crippen LogP contribution in [0.5, 0.6) is 5.75 Å². The Labute approximate surface area is 209 Å². The zero-order chi connectivity index (χ0) is 24.9. The molecule has 0 unspecified atom stereocenters. The lowest BCUT2D eigenvalue weighted by Crippen LogP contribution is -2.40. The number of hydrogen-bond donors (Lipinski definition) is 1. The van der Waals surface area contributed by atoms with Gasteiger partial charge in [0, 0.05) is 24.4 Å². The Morgan fingerprint density at radius 3 is 2.69 bits per heavy atom. The number of carbonyl (C=O) groups is 1. The number of carbonyl (C=O) groups excluding carboxylic acids is 1. The predicted molar refractivity (Wildman–Crippen MR) is 137 cm³/mol. The van der Waals surface area contributed by atoms with Crippen molar-refractivity contribution >= 4 is 23.3 Å². The van der Waals surface area contributed by atoms with E-state index in [1.807, 2.05) is 49.5 Å². The molecule has 0 radical (unpaired) electrons. The summed E-state index contributed by atoms with van der Waals surface area (Å²) in [6.45, 7) is 2.37. The monoisotopic (exact) mass is 487 g/mol. The van der Waals surface area contributed by atoms with Gasteiger partial charge in [0.25, 0.3) is 6.01 Å². The van der Waals surface area contributed by atoms with Crippen LogP contribution in [-0.2, 0) is 4.79 Å². The van der Waals surface area contributed by atoms with E-state index >= 15 is 0 Å². The maximum absolute atomic E-state index is 13.0. The van der Waals surface area contributed by atoms with Crippen LogP contribution in [0.2, 0.25) is 0 Å². The second-order valence-corrected chi connectivity index (χ2v) is 8.74. The average molecular weight is 488 g/mol. The molecule has 0 atom stereocenters. The van der Waals surface area contributed by atoms with Gasteiger partial charge in [-0.1, -0.05) is 18.6 Å². The van der Waals surface area contributed by atoms with Gasteiger partial charge >= 0.3 is 0 Å². The summed E-state index contributed by atoms with van der Waals surface area (Å²) in [5, 5.41) is 3.18. The van der Waals surface area contributed by atoms with E-state index in [4.69, 9.17) is 13.6 Å². The fourth-order valence-corrected chi connectivity index (χ4v) is 4.42. The topological polar surface area (TPSA) is 96.9 Å². The van der Waals surface area contributed by atoms with Crippen molar-refractivity contribution in [2.24, 2.45) is 0 Å². The highest BCUT2D eigenvalue weighted by molar-refractivity contribution is 5.98. The maximum Gasteiger partial charge on any atom is 0.299 e. The van der Waals surface area contributed by atoms with Gasteiger partial charge in [-0.25, -0.2) is 9.97 Å². The van der Waals surface area contributed by atoms with Crippen LogP contribution in [0.3, 0.4) is 0 Å². The molecule has 1 saturated heterocycles. The Kier molecular flexibility index (Phi) is 6.99. The molecule has 2 aromatic heterocycles. The zero-order valence-electron chi connectivity index (χ0n) is 20.4. The second kappa shape index (κ2) is 10.7. The number of hydrogen-bond acceptors (Lipinski definition) is 8. The van der Waals surface area contributed by atoms with Gasteiger partial charge in [-0.2, -0.15) is 0 Å². The number of nitrogens with zero attached hydrogens (tertiary/aromatic N) is 4. The van der Waals surface area contributed by atoms with Crippen molar-refractivity contribution in [3.05, 3.63) is 61.3 Å². The quantitative estimate of drug-likeness (QED) is 0.362. The largest absolute Gasteiger partial charge is 0.496 e. The molecule has 0 saturated carbocycles. The van der Waals surface area contributed by atoms with E-state index in [2.05, 4.69) is 20.2 Å². The minimum Gasteiger partial charge on any atom is -0.496 e. The molecule has 0 spiro atoms. The lowest BCUT2D eigenvalue weighted by Gasteiger charge is -2.28. The number of para-hydroxylation sites is 1. The summed E-state index contributed by atoms with van der Waals surface area (Å²) in [4.78, 5) is 25.3. The number of aromatic nitrogens is 2. The Morgan fingerprint density at radius 1 is 1.08 bits per heavy atom. The Bertz CT molecular complexity index is 1310. The molecular weight excluding hydrogens is 458 g/mol. The summed E-state index contributed by atoms with van der Waals surface area (Å²) < 4.78 is 16.9. The van der Waals surface area contributed by atoms with Gasteiger partial charge < -0.3 is 23.8 Å². The number of likely N-dealkylation sites (tertiary alicyclic amines) is 1. The molecule has 9 heteroatoms. The fraction of sp³-hybridized carbons (Fsp3) is 0.296. The molecule has 5 rings (SSSR count). The average Bonchev–Trinajstić information content (AvgIpc) is 3.61. The van der Waals surface area contributed by atoms with E-state index in [1.165, 1.54) is 12.8 Å². The Morgan fingerprint density at radius 2 is 1.92 bits per heavy atom. The van der Waals surface area contributed by atoms with E-state index in [9.17, 15) is 4.79 Å². The van der Waals surface area contributed by atoms with Gasteiger partial charge in [0.1, 0.15) is 5.75 Å². The number of ether oxygens (including phenoxy) is 1. The lowest BCUT2D eigenvalue weighted by molar-refractivity contribution is -0.119. The number of nitrogens with one attached hydrogen (secondary N) is 1. The van der Waals surface area contributed by atoms with Crippen LogP contribution >= 0.6 is 0 Å². The summed E-state index contributed by atoms with van der Waals surface area (Å²) in [6.07, 6.45) is 8.21. The summed E-state index contributed by atoms with van der Waals surface area (Å²) in [6, 6.07) is 13.6. The van der Waals surface area contributed by atoms with Crippen molar-refractivity contribution in [1.82, 2.24) is 14.9 Å². The highest BCUT2D eigenvalue weighted by atomic mass is 16.5. The fourth-order valence-electron chi connectivity index (χ4n) is 4.42. The highest BCUT2D eigenvalue weighted by Crippen LogP contribution is 2.35. The number of methoxy groups -OCH3 is 1. The molecule has 4 aromatic rings. The van der Waals surface area contributed by atoms with Gasteiger partial charge in [-0.15, -0.1) is 0 Å². The molecule has 186 valence electrons. The molecule has 0 aliphatic carbocycles. The molecule has 0 bridgehead atoms. The first-order valence-corrected chi connectivity index (χ1v) is 12.0. The number of anilines is 3. The van der Waals surface area contributed by atoms with E-state index in [0.29, 0.717) is 29.8 Å². The Hall–Kier alpha value is -4.11. The molecular formula is C27H29N5O4. The highest BCUT2D eigenvalue weighted by Gasteiger charge is 2.21. The van der Waals surface area contributed by atoms with E-state index < -0.39 is 0 Å². The Balaban J connectivity index is 1.33. The van der Waals surface area contributed by atoms with Crippen molar-refractivity contribution in [2.45, 2.75) is 19.3 Å². The van der Waals surface area contributed by atoms with Crippen molar-refractivity contribution in [2.75, 3.05) is 44.0 Å². The van der Waals surface area contributed by atoms with Crippen LogP contribution in [0, 0.1) is 0 Å². The standard InChI is InChI=1S/C27H29N5O4/c1-31(26(33)17-32-12-6-3-7-13-32)22-9-5-4-8-20(22)25-16-29-27(36-25)30-19-10-11-21(23(14-19)34-2)24-15-28-18-35-24/h4-5,8-11,14-16,18H,3,6-7,12-13,17H2,1-2H3,(H,29,30). The first kappa shape index (κ1) is 23.6. The van der Waals surface area contributed by atoms with Crippen LogP contribution in [0.4, 0.5) is 17.4 Å². The van der Waals surface area contributed by atoms with Gasteiger partial charge in [-0.05, 0) is 50.2 Å². The molecule has 36 heavy (non-hydrogen) atoms. The third-order valence-electron chi connectivity index (χ3n) is 6.37. The normalized spacial score (nSPS) is 13.9. The van der Waals surface area contributed by atoms with Crippen molar-refractivity contribution in [3.8, 4) is 28.4 Å². The summed E-state index contributed by atoms with van der Waals surface area (Å²) >= 11 is 0. The predicted octanol–water partition coefficient (Wildman–Crippen LogP) is 5.20. The van der Waals surface area contributed by atoms with Crippen LogP contribution in [0.1, 0.15) is 19.3 Å². The summed E-state index contributed by atoms with van der Waals surface area (Å²) in [5.41, 5.74) is 3.11. The molecule has 3 heterocycles. The number of benzene rings is 2. The number of piperidine rings is 1. The van der Waals surface area contributed by atoms with Crippen LogP contribution in [-0.4, -0.2) is 54.6 Å². The first-order chi connectivity index (χ1) is 17.6. The molecule has 1 aliphatic heterocycles. The summed E-state index contributed by atoms with van der Waals surface area (Å²) in [5.74, 6) is 1.87. The number of rotatable bonds is 8. The minimum absolute atomic E-state index is 0.0566.